The Morgan fingerprint density at radius 3 is 2.62 bits per heavy atom. The van der Waals surface area contributed by atoms with Crippen LogP contribution in [0, 0.1) is 13.8 Å². The number of nitrogens with zero attached hydrogens (tertiary/aromatic N) is 4. The predicted octanol–water partition coefficient (Wildman–Crippen LogP) is 5.64. The average Bonchev–Trinajstić information content (AvgIpc) is 3.48. The number of hydrogen-bond acceptors (Lipinski definition) is 6. The molecule has 0 saturated carbocycles. The van der Waals surface area contributed by atoms with Gasteiger partial charge >= 0.3 is 0 Å². The fourth-order valence-corrected chi connectivity index (χ4v) is 4.97. The second-order valence-corrected chi connectivity index (χ2v) is 9.04. The zero-order chi connectivity index (χ0) is 24.1. The summed E-state index contributed by atoms with van der Waals surface area (Å²) in [6.07, 6.45) is 6.25. The van der Waals surface area contributed by atoms with E-state index >= 15 is 0 Å². The first-order valence-electron chi connectivity index (χ1n) is 11.5. The van der Waals surface area contributed by atoms with Gasteiger partial charge in [-0.15, -0.1) is 0 Å². The molecule has 0 aliphatic rings. The van der Waals surface area contributed by atoms with E-state index in [1.54, 1.807) is 47.0 Å². The highest BCUT2D eigenvalue weighted by Crippen LogP contribution is 2.34. The minimum atomic E-state index is -0.108. The van der Waals surface area contributed by atoms with Crippen LogP contribution in [0.25, 0.3) is 10.2 Å². The largest absolute Gasteiger partial charge is 0.490 e. The van der Waals surface area contributed by atoms with Crippen molar-refractivity contribution in [3.8, 4) is 11.5 Å². The lowest BCUT2D eigenvalue weighted by Gasteiger charge is -2.21. The molecule has 0 atom stereocenters. The maximum absolute atomic E-state index is 13.8. The lowest BCUT2D eigenvalue weighted by Crippen LogP contribution is -2.32. The lowest BCUT2D eigenvalue weighted by molar-refractivity contribution is 0.0985. The SMILES string of the molecule is CCOc1ccc(C(=O)N(CCCn2ccnc2)c2nc3cc(C)cc(C)c3s2)cc1OCC. The number of aromatic nitrogens is 3. The first kappa shape index (κ1) is 23.8. The number of amides is 1. The van der Waals surface area contributed by atoms with Gasteiger partial charge in [-0.2, -0.15) is 0 Å². The van der Waals surface area contributed by atoms with Crippen LogP contribution in [0.5, 0.6) is 11.5 Å². The highest BCUT2D eigenvalue weighted by molar-refractivity contribution is 7.22. The van der Waals surface area contributed by atoms with Gasteiger partial charge in [0, 0.05) is 31.0 Å². The van der Waals surface area contributed by atoms with Gasteiger partial charge in [0.05, 0.1) is 29.8 Å². The summed E-state index contributed by atoms with van der Waals surface area (Å²) in [6, 6.07) is 9.58. The van der Waals surface area contributed by atoms with Gasteiger partial charge in [-0.05, 0) is 69.5 Å². The maximum atomic E-state index is 13.8. The summed E-state index contributed by atoms with van der Waals surface area (Å²) in [5.74, 6) is 1.10. The number of ether oxygens (including phenoxy) is 2. The molecule has 0 fully saturated rings. The number of anilines is 1. The Morgan fingerprint density at radius 1 is 1.09 bits per heavy atom. The molecule has 0 radical (unpaired) electrons. The van der Waals surface area contributed by atoms with Gasteiger partial charge in [-0.1, -0.05) is 17.4 Å². The fraction of sp³-hybridized carbons (Fsp3) is 0.346. The van der Waals surface area contributed by atoms with E-state index in [2.05, 4.69) is 31.0 Å². The van der Waals surface area contributed by atoms with Crippen LogP contribution in [0.4, 0.5) is 5.13 Å². The summed E-state index contributed by atoms with van der Waals surface area (Å²) in [6.45, 7) is 10.3. The van der Waals surface area contributed by atoms with E-state index in [9.17, 15) is 4.79 Å². The first-order valence-corrected chi connectivity index (χ1v) is 12.4. The van der Waals surface area contributed by atoms with Crippen molar-refractivity contribution < 1.29 is 14.3 Å². The van der Waals surface area contributed by atoms with Gasteiger partial charge in [0.2, 0.25) is 0 Å². The van der Waals surface area contributed by atoms with Crippen molar-refractivity contribution in [3.63, 3.8) is 0 Å². The number of hydrogen-bond donors (Lipinski definition) is 0. The Labute approximate surface area is 204 Å². The molecule has 7 nitrogen and oxygen atoms in total. The van der Waals surface area contributed by atoms with Crippen molar-refractivity contribution in [2.75, 3.05) is 24.7 Å². The normalized spacial score (nSPS) is 11.1. The van der Waals surface area contributed by atoms with Crippen LogP contribution >= 0.6 is 11.3 Å². The van der Waals surface area contributed by atoms with E-state index in [4.69, 9.17) is 14.5 Å². The molecule has 0 aliphatic heterocycles. The summed E-state index contributed by atoms with van der Waals surface area (Å²) in [5.41, 5.74) is 3.80. The Hall–Kier alpha value is -3.39. The van der Waals surface area contributed by atoms with E-state index in [1.165, 1.54) is 5.56 Å². The molecule has 0 bridgehead atoms. The third-order valence-electron chi connectivity index (χ3n) is 5.43. The van der Waals surface area contributed by atoms with Crippen LogP contribution in [0.15, 0.2) is 49.1 Å². The summed E-state index contributed by atoms with van der Waals surface area (Å²) in [5, 5.41) is 0.700. The highest BCUT2D eigenvalue weighted by atomic mass is 32.1. The van der Waals surface area contributed by atoms with E-state index in [0.717, 1.165) is 28.7 Å². The van der Waals surface area contributed by atoms with Crippen molar-refractivity contribution in [2.24, 2.45) is 0 Å². The summed E-state index contributed by atoms with van der Waals surface area (Å²) in [7, 11) is 0. The van der Waals surface area contributed by atoms with Crippen molar-refractivity contribution >= 4 is 32.6 Å². The van der Waals surface area contributed by atoms with Crippen LogP contribution in [-0.2, 0) is 6.54 Å². The Bertz CT molecular complexity index is 1270. The van der Waals surface area contributed by atoms with Crippen molar-refractivity contribution in [2.45, 2.75) is 40.7 Å². The Balaban J connectivity index is 1.68. The molecule has 2 heterocycles. The zero-order valence-corrected chi connectivity index (χ0v) is 20.9. The average molecular weight is 479 g/mol. The zero-order valence-electron chi connectivity index (χ0n) is 20.1. The number of fused-ring (bicyclic) bond motifs is 1. The van der Waals surface area contributed by atoms with Crippen LogP contribution < -0.4 is 14.4 Å². The Kier molecular flexibility index (Phi) is 7.47. The van der Waals surface area contributed by atoms with E-state index < -0.39 is 0 Å². The van der Waals surface area contributed by atoms with Crippen LogP contribution in [0.1, 0.15) is 41.8 Å². The van der Waals surface area contributed by atoms with Gasteiger partial charge in [-0.25, -0.2) is 9.97 Å². The molecule has 0 N–H and O–H groups in total. The quantitative estimate of drug-likeness (QED) is 0.295. The summed E-state index contributed by atoms with van der Waals surface area (Å²) < 4.78 is 14.5. The summed E-state index contributed by atoms with van der Waals surface area (Å²) >= 11 is 1.56. The number of thiazole rings is 1. The molecule has 1 amide bonds. The number of carbonyl (C=O) groups excluding carboxylic acids is 1. The second-order valence-electron chi connectivity index (χ2n) is 8.06. The molecule has 0 saturated heterocycles. The second kappa shape index (κ2) is 10.7. The molecule has 8 heteroatoms. The van der Waals surface area contributed by atoms with Gasteiger partial charge in [0.15, 0.2) is 16.6 Å². The molecule has 0 unspecified atom stereocenters. The van der Waals surface area contributed by atoms with Gasteiger partial charge in [0.1, 0.15) is 0 Å². The molecule has 0 spiro atoms. The van der Waals surface area contributed by atoms with Crippen LogP contribution in [-0.4, -0.2) is 40.2 Å². The molecular formula is C26H30N4O3S. The number of benzene rings is 2. The molecule has 4 rings (SSSR count). The topological polar surface area (TPSA) is 69.5 Å². The lowest BCUT2D eigenvalue weighted by atomic mass is 10.1. The third-order valence-corrected chi connectivity index (χ3v) is 6.66. The highest BCUT2D eigenvalue weighted by Gasteiger charge is 2.23. The van der Waals surface area contributed by atoms with Crippen molar-refractivity contribution in [1.29, 1.82) is 0 Å². The number of carbonyl (C=O) groups is 1. The molecule has 178 valence electrons. The summed E-state index contributed by atoms with van der Waals surface area (Å²) in [4.78, 5) is 24.5. The molecule has 2 aromatic carbocycles. The minimum absolute atomic E-state index is 0.108. The molecular weight excluding hydrogens is 448 g/mol. The third kappa shape index (κ3) is 5.22. The molecule has 34 heavy (non-hydrogen) atoms. The smallest absolute Gasteiger partial charge is 0.260 e. The van der Waals surface area contributed by atoms with E-state index in [0.29, 0.717) is 42.0 Å². The fourth-order valence-electron chi connectivity index (χ4n) is 3.93. The minimum Gasteiger partial charge on any atom is -0.490 e. The Morgan fingerprint density at radius 2 is 1.88 bits per heavy atom. The monoisotopic (exact) mass is 478 g/mol. The van der Waals surface area contributed by atoms with Crippen LogP contribution in [0.2, 0.25) is 0 Å². The molecule has 2 aromatic heterocycles. The van der Waals surface area contributed by atoms with Crippen molar-refractivity contribution in [3.05, 3.63) is 65.7 Å². The number of imidazole rings is 1. The van der Waals surface area contributed by atoms with Crippen molar-refractivity contribution in [1.82, 2.24) is 14.5 Å². The van der Waals surface area contributed by atoms with E-state index in [1.807, 2.05) is 24.6 Å². The van der Waals surface area contributed by atoms with E-state index in [-0.39, 0.29) is 5.91 Å². The standard InChI is InChI=1S/C26H30N4O3S/c1-5-32-22-9-8-20(16-23(22)33-6-2)25(31)30(12-7-11-29-13-10-27-17-29)26-28-21-15-18(3)14-19(4)24(21)34-26/h8-10,13-17H,5-7,11-12H2,1-4H3. The maximum Gasteiger partial charge on any atom is 0.260 e. The predicted molar refractivity (Wildman–Crippen MR) is 136 cm³/mol. The number of aryl methyl sites for hydroxylation is 3. The van der Waals surface area contributed by atoms with Gasteiger partial charge < -0.3 is 14.0 Å². The van der Waals surface area contributed by atoms with Crippen LogP contribution in [0.3, 0.4) is 0 Å². The molecule has 0 aliphatic carbocycles. The first-order chi connectivity index (χ1) is 16.5. The van der Waals surface area contributed by atoms with Gasteiger partial charge in [0.25, 0.3) is 5.91 Å². The number of rotatable bonds is 10. The van der Waals surface area contributed by atoms with Gasteiger partial charge in [-0.3, -0.25) is 9.69 Å². The molecule has 4 aromatic rings.